The molecule has 0 spiro atoms. The van der Waals surface area contributed by atoms with Gasteiger partial charge >= 0.3 is 0 Å². The van der Waals surface area contributed by atoms with E-state index in [4.69, 9.17) is 0 Å². The Bertz CT molecular complexity index is 538. The third kappa shape index (κ3) is 3.45. The van der Waals surface area contributed by atoms with Gasteiger partial charge in [-0.2, -0.15) is 0 Å². The molecule has 2 aromatic rings. The Balaban J connectivity index is 1.58. The van der Waals surface area contributed by atoms with Crippen LogP contribution in [-0.2, 0) is 13.0 Å². The van der Waals surface area contributed by atoms with Crippen molar-refractivity contribution in [2.45, 2.75) is 25.9 Å². The van der Waals surface area contributed by atoms with Crippen molar-refractivity contribution >= 4 is 11.3 Å². The van der Waals surface area contributed by atoms with E-state index in [-0.39, 0.29) is 0 Å². The van der Waals surface area contributed by atoms with Gasteiger partial charge in [-0.1, -0.05) is 30.3 Å². The van der Waals surface area contributed by atoms with Crippen LogP contribution >= 0.6 is 11.3 Å². The first-order chi connectivity index (χ1) is 9.81. The maximum absolute atomic E-state index is 4.35. The lowest BCUT2D eigenvalue weighted by Gasteiger charge is -2.33. The normalized spacial score (nSPS) is 20.1. The lowest BCUT2D eigenvalue weighted by Crippen LogP contribution is -2.51. The number of nitrogens with one attached hydrogen (secondary N) is 1. The van der Waals surface area contributed by atoms with Crippen LogP contribution in [0.25, 0.3) is 0 Å². The Morgan fingerprint density at radius 3 is 2.95 bits per heavy atom. The van der Waals surface area contributed by atoms with Gasteiger partial charge in [0.25, 0.3) is 0 Å². The van der Waals surface area contributed by atoms with Crippen LogP contribution in [0.15, 0.2) is 35.8 Å². The number of thiazole rings is 1. The lowest BCUT2D eigenvalue weighted by atomic mass is 10.0. The van der Waals surface area contributed by atoms with Crippen LogP contribution in [0.3, 0.4) is 0 Å². The number of benzene rings is 1. The van der Waals surface area contributed by atoms with E-state index in [2.05, 4.69) is 52.5 Å². The zero-order valence-electron chi connectivity index (χ0n) is 11.9. The molecule has 0 bridgehead atoms. The van der Waals surface area contributed by atoms with Crippen molar-refractivity contribution in [3.05, 3.63) is 52.0 Å². The molecule has 4 heteroatoms. The molecule has 0 aliphatic carbocycles. The molecule has 1 unspecified atom stereocenters. The van der Waals surface area contributed by atoms with Crippen LogP contribution < -0.4 is 5.32 Å². The number of hydrogen-bond donors (Lipinski definition) is 1. The highest BCUT2D eigenvalue weighted by molar-refractivity contribution is 7.09. The summed E-state index contributed by atoms with van der Waals surface area (Å²) < 4.78 is 0. The molecule has 1 saturated heterocycles. The maximum Gasteiger partial charge on any atom is 0.0798 e. The molecule has 1 aliphatic heterocycles. The Labute approximate surface area is 124 Å². The van der Waals surface area contributed by atoms with Gasteiger partial charge in [-0.05, 0) is 18.9 Å². The minimum absolute atomic E-state index is 0.555. The number of aryl methyl sites for hydroxylation is 1. The van der Waals surface area contributed by atoms with Crippen molar-refractivity contribution in [3.8, 4) is 0 Å². The van der Waals surface area contributed by atoms with Crippen molar-refractivity contribution in [1.82, 2.24) is 15.2 Å². The SMILES string of the molecule is Cc1ncsc1CN1CCNC(Cc2ccccc2)C1. The number of piperazine rings is 1. The molecule has 1 atom stereocenters. The predicted molar refractivity (Wildman–Crippen MR) is 84.1 cm³/mol. The van der Waals surface area contributed by atoms with Crippen molar-refractivity contribution < 1.29 is 0 Å². The zero-order valence-corrected chi connectivity index (χ0v) is 12.7. The average molecular weight is 287 g/mol. The monoisotopic (exact) mass is 287 g/mol. The summed E-state index contributed by atoms with van der Waals surface area (Å²) in [6.07, 6.45) is 1.11. The highest BCUT2D eigenvalue weighted by Gasteiger charge is 2.20. The van der Waals surface area contributed by atoms with Gasteiger partial charge in [-0.25, -0.2) is 4.98 Å². The molecule has 1 aliphatic rings. The summed E-state index contributed by atoms with van der Waals surface area (Å²) in [6.45, 7) is 6.48. The molecule has 1 aromatic carbocycles. The third-order valence-electron chi connectivity index (χ3n) is 3.88. The van der Waals surface area contributed by atoms with E-state index in [1.54, 1.807) is 11.3 Å². The quantitative estimate of drug-likeness (QED) is 0.936. The summed E-state index contributed by atoms with van der Waals surface area (Å²) in [5.74, 6) is 0. The fourth-order valence-electron chi connectivity index (χ4n) is 2.75. The second-order valence-electron chi connectivity index (χ2n) is 5.44. The van der Waals surface area contributed by atoms with Crippen LogP contribution in [-0.4, -0.2) is 35.6 Å². The van der Waals surface area contributed by atoms with Crippen molar-refractivity contribution in [1.29, 1.82) is 0 Å². The molecule has 3 rings (SSSR count). The van der Waals surface area contributed by atoms with Crippen molar-refractivity contribution in [2.75, 3.05) is 19.6 Å². The second kappa shape index (κ2) is 6.48. The average Bonchev–Trinajstić information content (AvgIpc) is 2.86. The summed E-state index contributed by atoms with van der Waals surface area (Å²) in [5.41, 5.74) is 4.56. The topological polar surface area (TPSA) is 28.2 Å². The van der Waals surface area contributed by atoms with E-state index >= 15 is 0 Å². The smallest absolute Gasteiger partial charge is 0.0798 e. The molecule has 20 heavy (non-hydrogen) atoms. The fourth-order valence-corrected chi connectivity index (χ4v) is 3.57. The molecule has 0 amide bonds. The lowest BCUT2D eigenvalue weighted by molar-refractivity contribution is 0.193. The van der Waals surface area contributed by atoms with Gasteiger partial charge in [-0.3, -0.25) is 4.90 Å². The molecule has 1 fully saturated rings. The highest BCUT2D eigenvalue weighted by atomic mass is 32.1. The van der Waals surface area contributed by atoms with Crippen LogP contribution in [0.1, 0.15) is 16.1 Å². The standard InChI is InChI=1S/C16H21N3S/c1-13-16(20-12-18-13)11-19-8-7-17-15(10-19)9-14-5-3-2-4-6-14/h2-6,12,15,17H,7-11H2,1H3. The molecule has 3 nitrogen and oxygen atoms in total. The van der Waals surface area contributed by atoms with Crippen molar-refractivity contribution in [2.24, 2.45) is 0 Å². The first-order valence-corrected chi connectivity index (χ1v) is 8.08. The molecular weight excluding hydrogens is 266 g/mol. The minimum atomic E-state index is 0.555. The van der Waals surface area contributed by atoms with Crippen molar-refractivity contribution in [3.63, 3.8) is 0 Å². The Morgan fingerprint density at radius 1 is 1.35 bits per heavy atom. The molecule has 106 valence electrons. The summed E-state index contributed by atoms with van der Waals surface area (Å²) in [4.78, 5) is 8.30. The third-order valence-corrected chi connectivity index (χ3v) is 4.80. The summed E-state index contributed by atoms with van der Waals surface area (Å²) >= 11 is 1.78. The predicted octanol–water partition coefficient (Wildman–Crippen LogP) is 2.47. The van der Waals surface area contributed by atoms with Crippen LogP contribution in [0.5, 0.6) is 0 Å². The van der Waals surface area contributed by atoms with Gasteiger partial charge in [0.05, 0.1) is 11.2 Å². The Kier molecular flexibility index (Phi) is 4.45. The van der Waals surface area contributed by atoms with E-state index in [0.717, 1.165) is 32.6 Å². The summed E-state index contributed by atoms with van der Waals surface area (Å²) in [6, 6.07) is 11.3. The van der Waals surface area contributed by atoms with Gasteiger partial charge in [0.15, 0.2) is 0 Å². The summed E-state index contributed by atoms with van der Waals surface area (Å²) in [7, 11) is 0. The summed E-state index contributed by atoms with van der Waals surface area (Å²) in [5, 5.41) is 3.64. The maximum atomic E-state index is 4.35. The van der Waals surface area contributed by atoms with E-state index in [0.29, 0.717) is 6.04 Å². The van der Waals surface area contributed by atoms with Gasteiger partial charge in [0, 0.05) is 37.1 Å². The molecule has 0 radical (unpaired) electrons. The van der Waals surface area contributed by atoms with E-state index in [9.17, 15) is 0 Å². The Hall–Kier alpha value is -1.23. The zero-order chi connectivity index (χ0) is 13.8. The van der Waals surface area contributed by atoms with Crippen LogP contribution in [0.2, 0.25) is 0 Å². The number of hydrogen-bond acceptors (Lipinski definition) is 4. The Morgan fingerprint density at radius 2 is 2.20 bits per heavy atom. The molecule has 2 heterocycles. The van der Waals surface area contributed by atoms with E-state index in [1.807, 2.05) is 5.51 Å². The molecule has 1 aromatic heterocycles. The first kappa shape index (κ1) is 13.7. The van der Waals surface area contributed by atoms with Gasteiger partial charge < -0.3 is 5.32 Å². The molecular formula is C16H21N3S. The first-order valence-electron chi connectivity index (χ1n) is 7.20. The van der Waals surface area contributed by atoms with Crippen LogP contribution in [0, 0.1) is 6.92 Å². The van der Waals surface area contributed by atoms with Gasteiger partial charge in [-0.15, -0.1) is 11.3 Å². The number of aromatic nitrogens is 1. The fraction of sp³-hybridized carbons (Fsp3) is 0.438. The number of rotatable bonds is 4. The second-order valence-corrected chi connectivity index (χ2v) is 6.38. The minimum Gasteiger partial charge on any atom is -0.311 e. The van der Waals surface area contributed by atoms with E-state index < -0.39 is 0 Å². The highest BCUT2D eigenvalue weighted by Crippen LogP contribution is 2.16. The van der Waals surface area contributed by atoms with Gasteiger partial charge in [0.1, 0.15) is 0 Å². The van der Waals surface area contributed by atoms with Gasteiger partial charge in [0.2, 0.25) is 0 Å². The van der Waals surface area contributed by atoms with Crippen LogP contribution in [0.4, 0.5) is 0 Å². The molecule has 1 N–H and O–H groups in total. The molecule has 0 saturated carbocycles. The largest absolute Gasteiger partial charge is 0.311 e. The van der Waals surface area contributed by atoms with E-state index in [1.165, 1.54) is 16.1 Å². The number of nitrogens with zero attached hydrogens (tertiary/aromatic N) is 2.